The molecule has 6 heteroatoms. The van der Waals surface area contributed by atoms with Gasteiger partial charge in [0.05, 0.1) is 17.2 Å². The van der Waals surface area contributed by atoms with Crippen molar-refractivity contribution in [1.82, 2.24) is 10.3 Å². The Kier molecular flexibility index (Phi) is 6.24. The standard InChI is InChI=1S/C22H26Cl2N2O2/c23-18-3-1-2-17(12-18)13-25-9-6-21(20-5-4-19(24)14-26-20)7-11-28-22(15-21)8-10-27-16-22/h1-5,12,14,25H,6-11,13,15-16H2/t21-,22-/m1/s1. The van der Waals surface area contributed by atoms with Gasteiger partial charge in [0, 0.05) is 48.5 Å². The molecule has 2 atom stereocenters. The Morgan fingerprint density at radius 3 is 2.75 bits per heavy atom. The second kappa shape index (κ2) is 8.68. The summed E-state index contributed by atoms with van der Waals surface area (Å²) in [6.07, 6.45) is 5.60. The van der Waals surface area contributed by atoms with Crippen LogP contribution in [0.4, 0.5) is 0 Å². The van der Waals surface area contributed by atoms with E-state index in [0.29, 0.717) is 11.6 Å². The minimum absolute atomic E-state index is 0.0299. The van der Waals surface area contributed by atoms with Crippen LogP contribution in [0.1, 0.15) is 36.9 Å². The van der Waals surface area contributed by atoms with Crippen molar-refractivity contribution < 1.29 is 9.47 Å². The van der Waals surface area contributed by atoms with Crippen molar-refractivity contribution in [2.24, 2.45) is 0 Å². The Labute approximate surface area is 176 Å². The molecule has 0 bridgehead atoms. The number of hydrogen-bond acceptors (Lipinski definition) is 4. The number of ether oxygens (including phenoxy) is 2. The van der Waals surface area contributed by atoms with Crippen LogP contribution >= 0.6 is 23.2 Å². The fourth-order valence-corrected chi connectivity index (χ4v) is 4.84. The topological polar surface area (TPSA) is 43.4 Å². The van der Waals surface area contributed by atoms with E-state index in [4.69, 9.17) is 37.7 Å². The van der Waals surface area contributed by atoms with E-state index in [0.717, 1.165) is 62.7 Å². The third-order valence-corrected chi connectivity index (χ3v) is 6.44. The average Bonchev–Trinajstić information content (AvgIpc) is 3.13. The molecule has 150 valence electrons. The second-order valence-corrected chi connectivity index (χ2v) is 8.83. The van der Waals surface area contributed by atoms with Crippen molar-refractivity contribution in [1.29, 1.82) is 0 Å². The molecule has 1 N–H and O–H groups in total. The fraction of sp³-hybridized carbons (Fsp3) is 0.500. The number of pyridine rings is 1. The highest BCUT2D eigenvalue weighted by Crippen LogP contribution is 2.46. The van der Waals surface area contributed by atoms with Crippen molar-refractivity contribution >= 4 is 23.2 Å². The van der Waals surface area contributed by atoms with Crippen molar-refractivity contribution in [3.63, 3.8) is 0 Å². The summed E-state index contributed by atoms with van der Waals surface area (Å²) in [6.45, 7) is 3.89. The number of rotatable bonds is 6. The first-order chi connectivity index (χ1) is 13.6. The molecule has 0 radical (unpaired) electrons. The maximum absolute atomic E-state index is 6.20. The first-order valence-corrected chi connectivity index (χ1v) is 10.6. The number of nitrogens with zero attached hydrogens (tertiary/aromatic N) is 1. The molecule has 28 heavy (non-hydrogen) atoms. The van der Waals surface area contributed by atoms with E-state index in [-0.39, 0.29) is 11.0 Å². The van der Waals surface area contributed by atoms with E-state index >= 15 is 0 Å². The van der Waals surface area contributed by atoms with Gasteiger partial charge >= 0.3 is 0 Å². The minimum atomic E-state index is -0.174. The Hall–Kier alpha value is -1.17. The van der Waals surface area contributed by atoms with Gasteiger partial charge in [0.2, 0.25) is 0 Å². The quantitative estimate of drug-likeness (QED) is 0.682. The highest BCUT2D eigenvalue weighted by atomic mass is 35.5. The van der Waals surface area contributed by atoms with Gasteiger partial charge < -0.3 is 14.8 Å². The number of hydrogen-bond donors (Lipinski definition) is 1. The lowest BCUT2D eigenvalue weighted by molar-refractivity contribution is -0.109. The van der Waals surface area contributed by atoms with Gasteiger partial charge in [-0.05, 0) is 55.6 Å². The number of benzene rings is 1. The van der Waals surface area contributed by atoms with Gasteiger partial charge in [-0.3, -0.25) is 4.98 Å². The second-order valence-electron chi connectivity index (χ2n) is 7.96. The van der Waals surface area contributed by atoms with Crippen molar-refractivity contribution in [2.75, 3.05) is 26.4 Å². The van der Waals surface area contributed by atoms with E-state index in [9.17, 15) is 0 Å². The summed E-state index contributed by atoms with van der Waals surface area (Å²) in [5.74, 6) is 0. The van der Waals surface area contributed by atoms with Gasteiger partial charge in [-0.2, -0.15) is 0 Å². The average molecular weight is 421 g/mol. The molecule has 2 aromatic rings. The van der Waals surface area contributed by atoms with Crippen LogP contribution in [-0.4, -0.2) is 37.0 Å². The SMILES string of the molecule is Clc1ccc([C@]2(CCNCc3cccc(Cl)c3)CCO[C@]3(CCOC3)C2)nc1. The molecule has 0 unspecified atom stereocenters. The molecular weight excluding hydrogens is 395 g/mol. The van der Waals surface area contributed by atoms with Crippen LogP contribution in [-0.2, 0) is 21.4 Å². The predicted molar refractivity (Wildman–Crippen MR) is 112 cm³/mol. The zero-order chi connectivity index (χ0) is 19.5. The number of halogens is 2. The third-order valence-electron chi connectivity index (χ3n) is 5.99. The van der Waals surface area contributed by atoms with Crippen LogP contribution in [0.2, 0.25) is 10.0 Å². The Morgan fingerprint density at radius 2 is 2.00 bits per heavy atom. The summed E-state index contributed by atoms with van der Waals surface area (Å²) in [4.78, 5) is 4.70. The van der Waals surface area contributed by atoms with E-state index in [1.165, 1.54) is 5.56 Å². The highest BCUT2D eigenvalue weighted by Gasteiger charge is 2.49. The third kappa shape index (κ3) is 4.52. The highest BCUT2D eigenvalue weighted by molar-refractivity contribution is 6.30. The van der Waals surface area contributed by atoms with Gasteiger partial charge in [0.25, 0.3) is 0 Å². The van der Waals surface area contributed by atoms with Crippen LogP contribution in [0.3, 0.4) is 0 Å². The van der Waals surface area contributed by atoms with Crippen LogP contribution in [0.5, 0.6) is 0 Å². The van der Waals surface area contributed by atoms with Gasteiger partial charge in [-0.1, -0.05) is 35.3 Å². The van der Waals surface area contributed by atoms with Gasteiger partial charge in [-0.25, -0.2) is 0 Å². The molecule has 1 spiro atoms. The molecule has 2 aliphatic heterocycles. The zero-order valence-electron chi connectivity index (χ0n) is 15.9. The minimum Gasteiger partial charge on any atom is -0.378 e. The summed E-state index contributed by atoms with van der Waals surface area (Å²) >= 11 is 12.2. The van der Waals surface area contributed by atoms with E-state index < -0.39 is 0 Å². The van der Waals surface area contributed by atoms with Crippen LogP contribution in [0.25, 0.3) is 0 Å². The molecule has 4 nitrogen and oxygen atoms in total. The molecule has 0 aliphatic carbocycles. The first kappa shape index (κ1) is 20.1. The zero-order valence-corrected chi connectivity index (χ0v) is 17.4. The Morgan fingerprint density at radius 1 is 1.07 bits per heavy atom. The number of aromatic nitrogens is 1. The molecule has 1 aromatic carbocycles. The smallest absolute Gasteiger partial charge is 0.0945 e. The van der Waals surface area contributed by atoms with Gasteiger partial charge in [0.15, 0.2) is 0 Å². The molecule has 3 heterocycles. The maximum Gasteiger partial charge on any atom is 0.0945 e. The summed E-state index contributed by atoms with van der Waals surface area (Å²) in [5, 5.41) is 5.02. The van der Waals surface area contributed by atoms with E-state index in [1.807, 2.05) is 24.3 Å². The van der Waals surface area contributed by atoms with Crippen molar-refractivity contribution in [3.05, 3.63) is 63.9 Å². The molecule has 2 fully saturated rings. The lowest BCUT2D eigenvalue weighted by Crippen LogP contribution is -2.49. The van der Waals surface area contributed by atoms with E-state index in [1.54, 1.807) is 6.20 Å². The molecule has 0 amide bonds. The van der Waals surface area contributed by atoms with Crippen molar-refractivity contribution in [3.8, 4) is 0 Å². The molecule has 2 aliphatic rings. The van der Waals surface area contributed by atoms with Gasteiger partial charge in [0.1, 0.15) is 0 Å². The summed E-state index contributed by atoms with van der Waals surface area (Å²) in [7, 11) is 0. The predicted octanol–water partition coefficient (Wildman–Crippen LogP) is 4.78. The molecule has 1 aromatic heterocycles. The Bertz CT molecular complexity index is 793. The van der Waals surface area contributed by atoms with Crippen molar-refractivity contribution in [2.45, 2.75) is 43.2 Å². The van der Waals surface area contributed by atoms with Crippen LogP contribution in [0, 0.1) is 0 Å². The number of nitrogens with one attached hydrogen (secondary N) is 1. The summed E-state index contributed by atoms with van der Waals surface area (Å²) in [5.41, 5.74) is 2.10. The normalized spacial score (nSPS) is 27.4. The monoisotopic (exact) mass is 420 g/mol. The molecular formula is C22H26Cl2N2O2. The van der Waals surface area contributed by atoms with Crippen LogP contribution < -0.4 is 5.32 Å². The van der Waals surface area contributed by atoms with Crippen LogP contribution in [0.15, 0.2) is 42.6 Å². The first-order valence-electron chi connectivity index (χ1n) is 9.88. The summed E-state index contributed by atoms with van der Waals surface area (Å²) in [6, 6.07) is 12.0. The molecule has 2 saturated heterocycles. The molecule has 0 saturated carbocycles. The summed E-state index contributed by atoms with van der Waals surface area (Å²) < 4.78 is 11.9. The Balaban J connectivity index is 1.47. The maximum atomic E-state index is 6.20. The lowest BCUT2D eigenvalue weighted by atomic mass is 9.68. The lowest BCUT2D eigenvalue weighted by Gasteiger charge is -2.45. The van der Waals surface area contributed by atoms with Gasteiger partial charge in [-0.15, -0.1) is 0 Å². The van der Waals surface area contributed by atoms with E-state index in [2.05, 4.69) is 17.4 Å². The fourth-order valence-electron chi connectivity index (χ4n) is 4.52. The molecule has 4 rings (SSSR count). The largest absolute Gasteiger partial charge is 0.378 e.